The van der Waals surface area contributed by atoms with Crippen LogP contribution in [0.25, 0.3) is 15.3 Å². The van der Waals surface area contributed by atoms with Crippen molar-refractivity contribution in [1.82, 2.24) is 14.8 Å². The highest BCUT2D eigenvalue weighted by Crippen LogP contribution is 2.30. The Kier molecular flexibility index (Phi) is 5.83. The second-order valence-electron chi connectivity index (χ2n) is 7.58. The maximum Gasteiger partial charge on any atom is 0.226 e. The number of carbonyl (C=O) groups is 1. The predicted molar refractivity (Wildman–Crippen MR) is 123 cm³/mol. The average Bonchev–Trinajstić information content (AvgIpc) is 3.30. The molecule has 0 bridgehead atoms. The van der Waals surface area contributed by atoms with Crippen molar-refractivity contribution in [2.45, 2.75) is 32.1 Å². The number of nitrogens with zero attached hydrogens (tertiary/aromatic N) is 3. The fourth-order valence-corrected chi connectivity index (χ4v) is 5.72. The Balaban J connectivity index is 1.53. The van der Waals surface area contributed by atoms with Crippen molar-refractivity contribution in [3.63, 3.8) is 0 Å². The fourth-order valence-electron chi connectivity index (χ4n) is 3.38. The van der Waals surface area contributed by atoms with Crippen LogP contribution in [0.3, 0.4) is 0 Å². The van der Waals surface area contributed by atoms with Crippen molar-refractivity contribution >= 4 is 43.1 Å². The van der Waals surface area contributed by atoms with E-state index in [-0.39, 0.29) is 11.3 Å². The lowest BCUT2D eigenvalue weighted by molar-refractivity contribution is -0.115. The Bertz CT molecular complexity index is 1420. The molecule has 0 saturated heterocycles. The predicted octanol–water partition coefficient (Wildman–Crippen LogP) is 4.35. The number of sulfone groups is 1. The van der Waals surface area contributed by atoms with E-state index in [0.717, 1.165) is 33.5 Å². The van der Waals surface area contributed by atoms with Crippen molar-refractivity contribution in [1.29, 1.82) is 0 Å². The molecule has 0 aliphatic carbocycles. The van der Waals surface area contributed by atoms with E-state index in [1.54, 1.807) is 17.7 Å². The molecule has 0 atom stereocenters. The van der Waals surface area contributed by atoms with E-state index in [0.29, 0.717) is 16.6 Å². The normalized spacial score (nSPS) is 11.8. The van der Waals surface area contributed by atoms with Gasteiger partial charge in [-0.3, -0.25) is 4.79 Å². The zero-order valence-electron chi connectivity index (χ0n) is 17.7. The molecule has 2 aromatic heterocycles. The fraction of sp³-hybridized carbons (Fsp3) is 0.227. The van der Waals surface area contributed by atoms with Crippen LogP contribution in [0.2, 0.25) is 0 Å². The monoisotopic (exact) mass is 472 g/mol. The van der Waals surface area contributed by atoms with Gasteiger partial charge in [0.25, 0.3) is 0 Å². The van der Waals surface area contributed by atoms with Gasteiger partial charge in [0.15, 0.2) is 9.84 Å². The summed E-state index contributed by atoms with van der Waals surface area (Å²) >= 11 is 1.46. The number of nitrogens with one attached hydrogen (secondary N) is 1. The minimum absolute atomic E-state index is 0.0206. The van der Waals surface area contributed by atoms with Gasteiger partial charge < -0.3 is 5.32 Å². The van der Waals surface area contributed by atoms with Crippen LogP contribution in [0.1, 0.15) is 23.2 Å². The van der Waals surface area contributed by atoms with Gasteiger partial charge in [-0.2, -0.15) is 9.78 Å². The van der Waals surface area contributed by atoms with Gasteiger partial charge >= 0.3 is 0 Å². The van der Waals surface area contributed by atoms with Gasteiger partial charge in [-0.25, -0.2) is 17.8 Å². The number of rotatable bonds is 6. The molecule has 32 heavy (non-hydrogen) atoms. The Labute approximate surface area is 188 Å². The number of aromatic nitrogens is 3. The molecular weight excluding hydrogens is 451 g/mol. The standard InChI is InChI=1S/C22H21FN4O3S2/c1-13-10-14(2)21-18(11-13)31-22(25-21)27-19(12-15(3)26-27)24-20(28)8-9-32(29,30)17-6-4-16(23)5-7-17/h4-7,10-12H,8-9H2,1-3H3,(H,24,28). The Hall–Kier alpha value is -3.11. The second kappa shape index (κ2) is 8.44. The zero-order chi connectivity index (χ0) is 23.0. The first-order valence-electron chi connectivity index (χ1n) is 9.85. The first-order chi connectivity index (χ1) is 15.1. The molecule has 4 aromatic rings. The number of thiazole rings is 1. The van der Waals surface area contributed by atoms with E-state index in [4.69, 9.17) is 0 Å². The number of aryl methyl sites for hydroxylation is 3. The van der Waals surface area contributed by atoms with Crippen LogP contribution in [0.15, 0.2) is 47.4 Å². The molecule has 0 spiro atoms. The topological polar surface area (TPSA) is 93.9 Å². The minimum atomic E-state index is -3.71. The molecule has 2 heterocycles. The molecule has 0 unspecified atom stereocenters. The van der Waals surface area contributed by atoms with Crippen LogP contribution in [0.4, 0.5) is 10.2 Å². The number of fused-ring (bicyclic) bond motifs is 1. The molecule has 10 heteroatoms. The maximum atomic E-state index is 13.0. The van der Waals surface area contributed by atoms with Crippen molar-refractivity contribution in [3.05, 3.63) is 65.1 Å². The summed E-state index contributed by atoms with van der Waals surface area (Å²) in [4.78, 5) is 17.2. The lowest BCUT2D eigenvalue weighted by Gasteiger charge is -2.07. The molecule has 0 fully saturated rings. The smallest absolute Gasteiger partial charge is 0.226 e. The zero-order valence-corrected chi connectivity index (χ0v) is 19.3. The lowest BCUT2D eigenvalue weighted by Crippen LogP contribution is -2.19. The summed E-state index contributed by atoms with van der Waals surface area (Å²) < 4.78 is 40.5. The van der Waals surface area contributed by atoms with E-state index >= 15 is 0 Å². The van der Waals surface area contributed by atoms with Crippen LogP contribution in [0, 0.1) is 26.6 Å². The third-order valence-corrected chi connectivity index (χ3v) is 7.58. The summed E-state index contributed by atoms with van der Waals surface area (Å²) in [5.41, 5.74) is 3.76. The maximum absolute atomic E-state index is 13.0. The third-order valence-electron chi connectivity index (χ3n) is 4.87. The van der Waals surface area contributed by atoms with Crippen molar-refractivity contribution in [2.75, 3.05) is 11.1 Å². The SMILES string of the molecule is Cc1cc(C)c2nc(-n3nc(C)cc3NC(=O)CCS(=O)(=O)c3ccc(F)cc3)sc2c1. The number of halogens is 1. The van der Waals surface area contributed by atoms with E-state index in [1.807, 2.05) is 13.8 Å². The number of carbonyl (C=O) groups excluding carboxylic acids is 1. The van der Waals surface area contributed by atoms with Gasteiger partial charge in [-0.15, -0.1) is 0 Å². The van der Waals surface area contributed by atoms with E-state index in [2.05, 4.69) is 27.5 Å². The van der Waals surface area contributed by atoms with Gasteiger partial charge in [0, 0.05) is 12.5 Å². The highest BCUT2D eigenvalue weighted by Gasteiger charge is 2.19. The molecule has 4 rings (SSSR count). The molecule has 0 aliphatic rings. The van der Waals surface area contributed by atoms with Crippen LogP contribution >= 0.6 is 11.3 Å². The summed E-state index contributed by atoms with van der Waals surface area (Å²) in [6.07, 6.45) is -0.248. The molecule has 0 aliphatic heterocycles. The Morgan fingerprint density at radius 2 is 1.84 bits per heavy atom. The van der Waals surface area contributed by atoms with Crippen LogP contribution in [-0.2, 0) is 14.6 Å². The van der Waals surface area contributed by atoms with E-state index in [9.17, 15) is 17.6 Å². The second-order valence-corrected chi connectivity index (χ2v) is 10.7. The minimum Gasteiger partial charge on any atom is -0.310 e. The highest BCUT2D eigenvalue weighted by molar-refractivity contribution is 7.91. The summed E-state index contributed by atoms with van der Waals surface area (Å²) in [5.74, 6) is -0.965. The number of amides is 1. The van der Waals surface area contributed by atoms with E-state index in [1.165, 1.54) is 23.5 Å². The van der Waals surface area contributed by atoms with E-state index < -0.39 is 27.3 Å². The van der Waals surface area contributed by atoms with Crippen LogP contribution in [0.5, 0.6) is 0 Å². The van der Waals surface area contributed by atoms with Gasteiger partial charge in [-0.1, -0.05) is 17.4 Å². The van der Waals surface area contributed by atoms with Gasteiger partial charge in [0.05, 0.1) is 26.6 Å². The van der Waals surface area contributed by atoms with Gasteiger partial charge in [-0.05, 0) is 62.2 Å². The van der Waals surface area contributed by atoms with Gasteiger partial charge in [0.1, 0.15) is 11.6 Å². The molecule has 0 saturated carbocycles. The van der Waals surface area contributed by atoms with Gasteiger partial charge in [0.2, 0.25) is 11.0 Å². The average molecular weight is 473 g/mol. The first kappa shape index (κ1) is 22.1. The van der Waals surface area contributed by atoms with Crippen molar-refractivity contribution in [3.8, 4) is 5.13 Å². The molecule has 0 radical (unpaired) electrons. The number of anilines is 1. The molecular formula is C22H21FN4O3S2. The number of hydrogen-bond donors (Lipinski definition) is 1. The summed E-state index contributed by atoms with van der Waals surface area (Å²) in [6, 6.07) is 10.4. The van der Waals surface area contributed by atoms with Crippen molar-refractivity contribution in [2.24, 2.45) is 0 Å². The molecule has 1 N–H and O–H groups in total. The third kappa shape index (κ3) is 4.56. The molecule has 1 amide bonds. The Morgan fingerprint density at radius 1 is 1.12 bits per heavy atom. The van der Waals surface area contributed by atoms with Crippen LogP contribution in [-0.4, -0.2) is 34.8 Å². The largest absolute Gasteiger partial charge is 0.310 e. The lowest BCUT2D eigenvalue weighted by atomic mass is 10.1. The quantitative estimate of drug-likeness (QED) is 0.421. The number of hydrogen-bond acceptors (Lipinski definition) is 6. The summed E-state index contributed by atoms with van der Waals surface area (Å²) in [5, 5.41) is 7.79. The summed E-state index contributed by atoms with van der Waals surface area (Å²) in [6.45, 7) is 5.82. The van der Waals surface area contributed by atoms with Crippen LogP contribution < -0.4 is 5.32 Å². The molecule has 166 valence electrons. The summed E-state index contributed by atoms with van der Waals surface area (Å²) in [7, 11) is -3.71. The van der Waals surface area contributed by atoms with Crippen molar-refractivity contribution < 1.29 is 17.6 Å². The number of benzene rings is 2. The first-order valence-corrected chi connectivity index (χ1v) is 12.3. The Morgan fingerprint density at radius 3 is 2.56 bits per heavy atom. The highest BCUT2D eigenvalue weighted by atomic mass is 32.2. The molecule has 7 nitrogen and oxygen atoms in total. The molecule has 2 aromatic carbocycles.